The average Bonchev–Trinajstić information content (AvgIpc) is 2.66. The third-order valence-corrected chi connectivity index (χ3v) is 4.26. The largest absolute Gasteiger partial charge is 0.508 e. The zero-order chi connectivity index (χ0) is 18.8. The number of hydrogen-bond acceptors (Lipinski definition) is 4. The summed E-state index contributed by atoms with van der Waals surface area (Å²) in [6, 6.07) is 7.31. The van der Waals surface area contributed by atoms with E-state index in [0.29, 0.717) is 25.4 Å². The Labute approximate surface area is 178 Å². The second-order valence-corrected chi connectivity index (χ2v) is 6.18. The van der Waals surface area contributed by atoms with E-state index in [9.17, 15) is 9.90 Å². The number of aryl methyl sites for hydroxylation is 1. The van der Waals surface area contributed by atoms with Crippen molar-refractivity contribution in [1.29, 1.82) is 0 Å². The fourth-order valence-electron chi connectivity index (χ4n) is 2.87. The lowest BCUT2D eigenvalue weighted by Gasteiger charge is -2.35. The molecule has 1 fully saturated rings. The van der Waals surface area contributed by atoms with Crippen molar-refractivity contribution in [2.45, 2.75) is 26.7 Å². The Bertz CT molecular complexity index is 587. The molecule has 1 saturated heterocycles. The van der Waals surface area contributed by atoms with Crippen LogP contribution in [-0.4, -0.2) is 72.8 Å². The van der Waals surface area contributed by atoms with E-state index in [1.54, 1.807) is 17.0 Å². The number of carbonyl (C=O) groups is 1. The Hall–Kier alpha value is -1.71. The summed E-state index contributed by atoms with van der Waals surface area (Å²) in [4.78, 5) is 20.5. The maximum Gasteiger partial charge on any atom is 0.409 e. The SMILES string of the molecule is CCNC(=NCCCc1ccc(O)cc1)N1CCN(C(=O)OCC)CC1.I. The van der Waals surface area contributed by atoms with Gasteiger partial charge >= 0.3 is 6.09 Å². The van der Waals surface area contributed by atoms with E-state index in [-0.39, 0.29) is 30.1 Å². The molecule has 0 saturated carbocycles. The molecule has 1 amide bonds. The van der Waals surface area contributed by atoms with Crippen molar-refractivity contribution < 1.29 is 14.6 Å². The van der Waals surface area contributed by atoms with Gasteiger partial charge in [0.05, 0.1) is 6.61 Å². The Morgan fingerprint density at radius 1 is 1.15 bits per heavy atom. The number of piperazine rings is 1. The number of phenolic OH excluding ortho intramolecular Hbond substituents is 1. The summed E-state index contributed by atoms with van der Waals surface area (Å²) in [5.74, 6) is 1.20. The number of aromatic hydroxyl groups is 1. The van der Waals surface area contributed by atoms with Crippen LogP contribution < -0.4 is 5.32 Å². The standard InChI is InChI=1S/C19H30N4O3.HI/c1-3-20-18(21-11-5-6-16-7-9-17(24)10-8-16)22-12-14-23(15-13-22)19(25)26-4-2;/h7-10,24H,3-6,11-15H2,1-2H3,(H,20,21);1H. The van der Waals surface area contributed by atoms with E-state index >= 15 is 0 Å². The van der Waals surface area contributed by atoms with Crippen LogP contribution in [-0.2, 0) is 11.2 Å². The number of aliphatic imine (C=N–C) groups is 1. The molecular weight excluding hydrogens is 459 g/mol. The molecule has 2 rings (SSSR count). The minimum Gasteiger partial charge on any atom is -0.508 e. The van der Waals surface area contributed by atoms with Gasteiger partial charge in [0.15, 0.2) is 5.96 Å². The number of halogens is 1. The fourth-order valence-corrected chi connectivity index (χ4v) is 2.87. The number of phenols is 1. The topological polar surface area (TPSA) is 77.4 Å². The van der Waals surface area contributed by atoms with Crippen LogP contribution in [0.2, 0.25) is 0 Å². The fraction of sp³-hybridized carbons (Fsp3) is 0.579. The van der Waals surface area contributed by atoms with Crippen LogP contribution in [0.15, 0.2) is 29.3 Å². The lowest BCUT2D eigenvalue weighted by molar-refractivity contribution is 0.0914. The molecule has 27 heavy (non-hydrogen) atoms. The third-order valence-electron chi connectivity index (χ3n) is 4.26. The molecule has 0 unspecified atom stereocenters. The van der Waals surface area contributed by atoms with Crippen molar-refractivity contribution in [2.24, 2.45) is 4.99 Å². The Kier molecular flexibility index (Phi) is 10.9. The highest BCUT2D eigenvalue weighted by atomic mass is 127. The van der Waals surface area contributed by atoms with Crippen LogP contribution in [0.25, 0.3) is 0 Å². The van der Waals surface area contributed by atoms with Crippen LogP contribution >= 0.6 is 24.0 Å². The van der Waals surface area contributed by atoms with E-state index in [2.05, 4.69) is 17.1 Å². The number of ether oxygens (including phenoxy) is 1. The maximum atomic E-state index is 11.8. The molecule has 1 aromatic rings. The zero-order valence-corrected chi connectivity index (χ0v) is 18.5. The van der Waals surface area contributed by atoms with Gasteiger partial charge in [-0.3, -0.25) is 4.99 Å². The Morgan fingerprint density at radius 2 is 1.78 bits per heavy atom. The normalized spacial score (nSPS) is 14.5. The molecule has 0 aliphatic carbocycles. The molecule has 1 aliphatic heterocycles. The summed E-state index contributed by atoms with van der Waals surface area (Å²) >= 11 is 0. The average molecular weight is 490 g/mol. The van der Waals surface area contributed by atoms with E-state index in [4.69, 9.17) is 9.73 Å². The van der Waals surface area contributed by atoms with Gasteiger partial charge in [-0.2, -0.15) is 0 Å². The summed E-state index contributed by atoms with van der Waals surface area (Å²) in [5.41, 5.74) is 1.20. The quantitative estimate of drug-likeness (QED) is 0.278. The van der Waals surface area contributed by atoms with Gasteiger partial charge in [0.25, 0.3) is 0 Å². The zero-order valence-electron chi connectivity index (χ0n) is 16.2. The van der Waals surface area contributed by atoms with Crippen molar-refractivity contribution in [3.05, 3.63) is 29.8 Å². The van der Waals surface area contributed by atoms with Crippen molar-refractivity contribution in [1.82, 2.24) is 15.1 Å². The highest BCUT2D eigenvalue weighted by molar-refractivity contribution is 14.0. The van der Waals surface area contributed by atoms with Gasteiger partial charge < -0.3 is 25.0 Å². The number of amides is 1. The molecule has 1 heterocycles. The minimum absolute atomic E-state index is 0. The van der Waals surface area contributed by atoms with Gasteiger partial charge in [-0.1, -0.05) is 12.1 Å². The molecule has 7 nitrogen and oxygen atoms in total. The molecule has 1 aromatic carbocycles. The van der Waals surface area contributed by atoms with Crippen molar-refractivity contribution in [3.8, 4) is 5.75 Å². The molecule has 0 aromatic heterocycles. The van der Waals surface area contributed by atoms with Gasteiger partial charge in [-0.25, -0.2) is 4.79 Å². The Morgan fingerprint density at radius 3 is 2.37 bits per heavy atom. The van der Waals surface area contributed by atoms with Crippen LogP contribution in [0, 0.1) is 0 Å². The first kappa shape index (κ1) is 23.3. The molecule has 0 bridgehead atoms. The van der Waals surface area contributed by atoms with Crippen molar-refractivity contribution >= 4 is 36.0 Å². The monoisotopic (exact) mass is 490 g/mol. The van der Waals surface area contributed by atoms with E-state index in [1.807, 2.05) is 19.1 Å². The summed E-state index contributed by atoms with van der Waals surface area (Å²) in [6.07, 6.45) is 1.64. The van der Waals surface area contributed by atoms with Gasteiger partial charge in [-0.05, 0) is 44.4 Å². The van der Waals surface area contributed by atoms with Crippen LogP contribution in [0.4, 0.5) is 4.79 Å². The highest BCUT2D eigenvalue weighted by Gasteiger charge is 2.23. The van der Waals surface area contributed by atoms with Gasteiger partial charge in [0.1, 0.15) is 5.75 Å². The predicted octanol–water partition coefficient (Wildman–Crippen LogP) is 2.68. The number of nitrogens with one attached hydrogen (secondary N) is 1. The molecule has 1 aliphatic rings. The summed E-state index contributed by atoms with van der Waals surface area (Å²) < 4.78 is 5.06. The molecule has 0 spiro atoms. The molecule has 0 radical (unpaired) electrons. The van der Waals surface area contributed by atoms with Crippen LogP contribution in [0.1, 0.15) is 25.8 Å². The minimum atomic E-state index is -0.233. The first-order valence-electron chi connectivity index (χ1n) is 9.37. The number of benzene rings is 1. The second kappa shape index (κ2) is 12.6. The van der Waals surface area contributed by atoms with Crippen LogP contribution in [0.3, 0.4) is 0 Å². The number of nitrogens with zero attached hydrogens (tertiary/aromatic N) is 3. The van der Waals surface area contributed by atoms with Gasteiger partial charge in [-0.15, -0.1) is 24.0 Å². The first-order valence-corrected chi connectivity index (χ1v) is 9.37. The maximum absolute atomic E-state index is 11.8. The number of hydrogen-bond donors (Lipinski definition) is 2. The van der Waals surface area contributed by atoms with Gasteiger partial charge in [0.2, 0.25) is 0 Å². The summed E-state index contributed by atoms with van der Waals surface area (Å²) in [7, 11) is 0. The van der Waals surface area contributed by atoms with Crippen molar-refractivity contribution in [2.75, 3.05) is 45.9 Å². The Balaban J connectivity index is 0.00000364. The lowest BCUT2D eigenvalue weighted by Crippen LogP contribution is -2.53. The van der Waals surface area contributed by atoms with Crippen molar-refractivity contribution in [3.63, 3.8) is 0 Å². The van der Waals surface area contributed by atoms with Gasteiger partial charge in [0, 0.05) is 39.3 Å². The first-order chi connectivity index (χ1) is 12.6. The third kappa shape index (κ3) is 7.82. The number of guanidine groups is 1. The van der Waals surface area contributed by atoms with E-state index in [0.717, 1.165) is 45.0 Å². The van der Waals surface area contributed by atoms with Crippen LogP contribution in [0.5, 0.6) is 5.75 Å². The molecule has 8 heteroatoms. The molecule has 2 N–H and O–H groups in total. The lowest BCUT2D eigenvalue weighted by atomic mass is 10.1. The number of rotatable bonds is 6. The smallest absolute Gasteiger partial charge is 0.409 e. The van der Waals surface area contributed by atoms with E-state index in [1.165, 1.54) is 5.56 Å². The van der Waals surface area contributed by atoms with E-state index < -0.39 is 0 Å². The second-order valence-electron chi connectivity index (χ2n) is 6.18. The molecular formula is C19H31IN4O3. The highest BCUT2D eigenvalue weighted by Crippen LogP contribution is 2.11. The predicted molar refractivity (Wildman–Crippen MR) is 118 cm³/mol. The summed E-state index contributed by atoms with van der Waals surface area (Å²) in [5, 5.41) is 12.7. The number of carbonyl (C=O) groups excluding carboxylic acids is 1. The molecule has 0 atom stereocenters. The molecule has 152 valence electrons. The summed E-state index contributed by atoms with van der Waals surface area (Å²) in [6.45, 7) is 8.64.